The molecule has 0 saturated carbocycles. The zero-order valence-corrected chi connectivity index (χ0v) is 14.7. The molecule has 1 amide bonds. The van der Waals surface area contributed by atoms with Gasteiger partial charge in [0.2, 0.25) is 0 Å². The molecular formula is C20H16ClFN2O2. The Labute approximate surface area is 155 Å². The summed E-state index contributed by atoms with van der Waals surface area (Å²) in [6.45, 7) is 2.08. The maximum Gasteiger partial charge on any atom is 0.254 e. The average molecular weight is 371 g/mol. The zero-order chi connectivity index (χ0) is 18.1. The van der Waals surface area contributed by atoms with Crippen molar-refractivity contribution < 1.29 is 13.9 Å². The van der Waals surface area contributed by atoms with Crippen LogP contribution >= 0.6 is 11.6 Å². The van der Waals surface area contributed by atoms with Crippen molar-refractivity contribution in [1.82, 2.24) is 9.88 Å². The Morgan fingerprint density at radius 3 is 2.69 bits per heavy atom. The smallest absolute Gasteiger partial charge is 0.254 e. The van der Waals surface area contributed by atoms with Crippen LogP contribution in [0.1, 0.15) is 10.4 Å². The molecule has 6 heteroatoms. The lowest BCUT2D eigenvalue weighted by Gasteiger charge is -2.27. The van der Waals surface area contributed by atoms with E-state index in [1.807, 2.05) is 12.1 Å². The van der Waals surface area contributed by atoms with Gasteiger partial charge in [-0.25, -0.2) is 4.39 Å². The van der Waals surface area contributed by atoms with Crippen molar-refractivity contribution in [2.45, 2.75) is 0 Å². The molecule has 4 nitrogen and oxygen atoms in total. The second kappa shape index (κ2) is 7.02. The normalized spacial score (nSPS) is 14.6. The monoisotopic (exact) mass is 370 g/mol. The summed E-state index contributed by atoms with van der Waals surface area (Å²) in [7, 11) is 0. The van der Waals surface area contributed by atoms with E-state index in [1.165, 1.54) is 6.07 Å². The summed E-state index contributed by atoms with van der Waals surface area (Å²) >= 11 is 6.21. The molecule has 2 aromatic carbocycles. The van der Waals surface area contributed by atoms with E-state index in [-0.39, 0.29) is 5.91 Å². The Kier molecular flexibility index (Phi) is 4.57. The molecule has 1 fully saturated rings. The summed E-state index contributed by atoms with van der Waals surface area (Å²) < 4.78 is 20.0. The van der Waals surface area contributed by atoms with Crippen LogP contribution in [0.15, 0.2) is 48.7 Å². The molecule has 3 aromatic rings. The van der Waals surface area contributed by atoms with Crippen LogP contribution in [0.2, 0.25) is 5.02 Å². The highest BCUT2D eigenvalue weighted by atomic mass is 35.5. The number of carbonyl (C=O) groups is 1. The number of halogens is 2. The number of carbonyl (C=O) groups excluding carboxylic acids is 1. The average Bonchev–Trinajstić information content (AvgIpc) is 2.68. The molecule has 1 saturated heterocycles. The first kappa shape index (κ1) is 16.9. The van der Waals surface area contributed by atoms with Crippen molar-refractivity contribution in [3.8, 4) is 11.1 Å². The maximum atomic E-state index is 14.7. The summed E-state index contributed by atoms with van der Waals surface area (Å²) in [5.74, 6) is -0.618. The van der Waals surface area contributed by atoms with Gasteiger partial charge in [-0.2, -0.15) is 0 Å². The van der Waals surface area contributed by atoms with Gasteiger partial charge in [-0.15, -0.1) is 0 Å². The number of aromatic nitrogens is 1. The number of hydrogen-bond acceptors (Lipinski definition) is 3. The van der Waals surface area contributed by atoms with Gasteiger partial charge < -0.3 is 9.64 Å². The third kappa shape index (κ3) is 3.16. The second-order valence-electron chi connectivity index (χ2n) is 6.12. The Hall–Kier alpha value is -2.50. The van der Waals surface area contributed by atoms with Crippen LogP contribution in [0, 0.1) is 5.82 Å². The van der Waals surface area contributed by atoms with Crippen molar-refractivity contribution in [3.63, 3.8) is 0 Å². The number of amides is 1. The quantitative estimate of drug-likeness (QED) is 0.680. The van der Waals surface area contributed by atoms with Crippen molar-refractivity contribution in [2.24, 2.45) is 0 Å². The third-order valence-electron chi connectivity index (χ3n) is 4.51. The van der Waals surface area contributed by atoms with E-state index < -0.39 is 5.82 Å². The number of ether oxygens (including phenoxy) is 1. The number of rotatable bonds is 2. The number of morpholine rings is 1. The van der Waals surface area contributed by atoms with Crippen molar-refractivity contribution in [2.75, 3.05) is 26.3 Å². The third-order valence-corrected chi connectivity index (χ3v) is 4.84. The fraction of sp³-hybridized carbons (Fsp3) is 0.200. The summed E-state index contributed by atoms with van der Waals surface area (Å²) in [5.41, 5.74) is 2.20. The van der Waals surface area contributed by atoms with E-state index in [0.29, 0.717) is 48.0 Å². The predicted molar refractivity (Wildman–Crippen MR) is 98.9 cm³/mol. The predicted octanol–water partition coefficient (Wildman–Crippen LogP) is 4.17. The van der Waals surface area contributed by atoms with E-state index in [2.05, 4.69) is 4.98 Å². The lowest BCUT2D eigenvalue weighted by atomic mass is 10.0. The maximum absolute atomic E-state index is 14.7. The molecule has 0 aliphatic carbocycles. The largest absolute Gasteiger partial charge is 0.378 e. The Balaban J connectivity index is 1.68. The summed E-state index contributed by atoms with van der Waals surface area (Å²) in [4.78, 5) is 18.4. The first-order valence-electron chi connectivity index (χ1n) is 8.35. The van der Waals surface area contributed by atoms with Gasteiger partial charge in [-0.05, 0) is 35.9 Å². The lowest BCUT2D eigenvalue weighted by molar-refractivity contribution is 0.0302. The Morgan fingerprint density at radius 1 is 1.12 bits per heavy atom. The molecular weight excluding hydrogens is 355 g/mol. The van der Waals surface area contributed by atoms with Gasteiger partial charge >= 0.3 is 0 Å². The van der Waals surface area contributed by atoms with Crippen molar-refractivity contribution >= 4 is 28.4 Å². The van der Waals surface area contributed by atoms with Gasteiger partial charge in [0.1, 0.15) is 5.82 Å². The van der Waals surface area contributed by atoms with Gasteiger partial charge in [0.25, 0.3) is 5.91 Å². The van der Waals surface area contributed by atoms with E-state index >= 15 is 0 Å². The highest BCUT2D eigenvalue weighted by molar-refractivity contribution is 6.35. The minimum atomic E-state index is -0.441. The van der Waals surface area contributed by atoms with E-state index in [9.17, 15) is 9.18 Å². The van der Waals surface area contributed by atoms with Crippen molar-refractivity contribution in [1.29, 1.82) is 0 Å². The van der Waals surface area contributed by atoms with Gasteiger partial charge in [-0.3, -0.25) is 9.78 Å². The Bertz CT molecular complexity index is 987. The number of benzene rings is 2. The molecule has 26 heavy (non-hydrogen) atoms. The molecule has 0 unspecified atom stereocenters. The summed E-state index contributed by atoms with van der Waals surface area (Å²) in [6.07, 6.45) is 1.64. The van der Waals surface area contributed by atoms with Crippen LogP contribution in [0.4, 0.5) is 4.39 Å². The van der Waals surface area contributed by atoms with Gasteiger partial charge in [0.05, 0.1) is 23.8 Å². The molecule has 0 radical (unpaired) electrons. The van der Waals surface area contributed by atoms with E-state index in [0.717, 1.165) is 10.9 Å². The number of hydrogen-bond donors (Lipinski definition) is 0. The molecule has 4 rings (SSSR count). The van der Waals surface area contributed by atoms with Gasteiger partial charge in [0.15, 0.2) is 0 Å². The number of pyridine rings is 1. The molecule has 2 heterocycles. The topological polar surface area (TPSA) is 42.4 Å². The van der Waals surface area contributed by atoms with E-state index in [4.69, 9.17) is 16.3 Å². The summed E-state index contributed by atoms with van der Waals surface area (Å²) in [5, 5.41) is 1.33. The van der Waals surface area contributed by atoms with E-state index in [1.54, 1.807) is 35.4 Å². The fourth-order valence-corrected chi connectivity index (χ4v) is 3.32. The standard InChI is InChI=1S/C20H16ClFN2O2/c21-17-5-6-23-19-4-2-13(11-16(17)19)15-3-1-14(12-18(15)22)20(25)24-7-9-26-10-8-24/h1-6,11-12H,7-10H2. The zero-order valence-electron chi connectivity index (χ0n) is 13.9. The van der Waals surface area contributed by atoms with Gasteiger partial charge in [-0.1, -0.05) is 23.7 Å². The van der Waals surface area contributed by atoms with Crippen LogP contribution in [0.25, 0.3) is 22.0 Å². The molecule has 1 aromatic heterocycles. The molecule has 132 valence electrons. The minimum absolute atomic E-state index is 0.176. The molecule has 0 atom stereocenters. The molecule has 1 aliphatic rings. The minimum Gasteiger partial charge on any atom is -0.378 e. The van der Waals surface area contributed by atoms with Crippen LogP contribution < -0.4 is 0 Å². The molecule has 0 spiro atoms. The Morgan fingerprint density at radius 2 is 1.92 bits per heavy atom. The highest BCUT2D eigenvalue weighted by Crippen LogP contribution is 2.30. The molecule has 0 bridgehead atoms. The van der Waals surface area contributed by atoms with Crippen LogP contribution in [-0.2, 0) is 4.74 Å². The van der Waals surface area contributed by atoms with Gasteiger partial charge in [0, 0.05) is 35.8 Å². The highest BCUT2D eigenvalue weighted by Gasteiger charge is 2.20. The SMILES string of the molecule is O=C(c1ccc(-c2ccc3nccc(Cl)c3c2)c(F)c1)N1CCOCC1. The number of nitrogens with zero attached hydrogens (tertiary/aromatic N) is 2. The van der Waals surface area contributed by atoms with Crippen LogP contribution in [0.3, 0.4) is 0 Å². The fourth-order valence-electron chi connectivity index (χ4n) is 3.11. The number of fused-ring (bicyclic) bond motifs is 1. The van der Waals surface area contributed by atoms with Crippen molar-refractivity contribution in [3.05, 3.63) is 65.1 Å². The first-order chi connectivity index (χ1) is 12.6. The molecule has 1 aliphatic heterocycles. The second-order valence-corrected chi connectivity index (χ2v) is 6.53. The molecule has 0 N–H and O–H groups in total. The van der Waals surface area contributed by atoms with Crippen LogP contribution in [0.5, 0.6) is 0 Å². The first-order valence-corrected chi connectivity index (χ1v) is 8.72. The summed E-state index contributed by atoms with van der Waals surface area (Å²) in [6, 6.07) is 11.7. The van der Waals surface area contributed by atoms with Crippen LogP contribution in [-0.4, -0.2) is 42.1 Å². The lowest BCUT2D eigenvalue weighted by Crippen LogP contribution is -2.40.